The number of anilines is 1. The van der Waals surface area contributed by atoms with Crippen LogP contribution in [-0.2, 0) is 7.05 Å². The van der Waals surface area contributed by atoms with Crippen molar-refractivity contribution < 1.29 is 0 Å². The molecule has 0 spiro atoms. The molecule has 2 aromatic heterocycles. The first-order valence-corrected chi connectivity index (χ1v) is 6.87. The van der Waals surface area contributed by atoms with Gasteiger partial charge in [0, 0.05) is 19.3 Å². The predicted octanol–water partition coefficient (Wildman–Crippen LogP) is 1.93. The fourth-order valence-corrected chi connectivity index (χ4v) is 1.72. The van der Waals surface area contributed by atoms with Crippen LogP contribution >= 0.6 is 0 Å². The minimum Gasteiger partial charge on any atom is -0.383 e. The van der Waals surface area contributed by atoms with E-state index in [-0.39, 0.29) is 0 Å². The van der Waals surface area contributed by atoms with Gasteiger partial charge in [0.2, 0.25) is 0 Å². The number of aryl methyl sites for hydroxylation is 1. The Morgan fingerprint density at radius 1 is 1.35 bits per heavy atom. The predicted molar refractivity (Wildman–Crippen MR) is 84.3 cm³/mol. The zero-order chi connectivity index (χ0) is 15.1. The second-order valence-corrected chi connectivity index (χ2v) is 4.45. The number of nitrogens with zero attached hydrogens (tertiary/aromatic N) is 3. The molecule has 0 radical (unpaired) electrons. The maximum absolute atomic E-state index is 5.87. The highest BCUT2D eigenvalue weighted by Gasteiger charge is 2.09. The first-order valence-electron chi connectivity index (χ1n) is 6.87. The summed E-state index contributed by atoms with van der Waals surface area (Å²) in [6.45, 7) is 8.83. The van der Waals surface area contributed by atoms with E-state index in [0.29, 0.717) is 18.4 Å². The van der Waals surface area contributed by atoms with E-state index in [1.165, 1.54) is 6.33 Å². The number of nitrogen functional groups attached to an aromatic ring is 1. The highest BCUT2D eigenvalue weighted by atomic mass is 15.0. The summed E-state index contributed by atoms with van der Waals surface area (Å²) in [5.74, 6) is 6.67. The maximum atomic E-state index is 5.87. The van der Waals surface area contributed by atoms with Crippen LogP contribution < -0.4 is 11.1 Å². The summed E-state index contributed by atoms with van der Waals surface area (Å²) < 4.78 is 1.91. The summed E-state index contributed by atoms with van der Waals surface area (Å²) in [5, 5.41) is 4.07. The highest BCUT2D eigenvalue weighted by molar-refractivity contribution is 5.92. The molecule has 2 aromatic rings. The summed E-state index contributed by atoms with van der Waals surface area (Å²) in [7, 11) is 1.92. The van der Waals surface area contributed by atoms with Gasteiger partial charge in [-0.2, -0.15) is 0 Å². The average Bonchev–Trinajstić information content (AvgIpc) is 2.75. The van der Waals surface area contributed by atoms with Crippen molar-refractivity contribution >= 4 is 16.9 Å². The van der Waals surface area contributed by atoms with E-state index >= 15 is 0 Å². The second-order valence-electron chi connectivity index (χ2n) is 4.45. The normalized spacial score (nSPS) is 9.90. The monoisotopic (exact) mass is 273 g/mol. The summed E-state index contributed by atoms with van der Waals surface area (Å²) in [5.41, 5.74) is 7.56. The Balaban J connectivity index is 0.000000956. The Morgan fingerprint density at radius 3 is 2.70 bits per heavy atom. The molecule has 0 saturated carbocycles. The van der Waals surface area contributed by atoms with Gasteiger partial charge in [-0.3, -0.25) is 0 Å². The zero-order valence-corrected chi connectivity index (χ0v) is 12.9. The number of hydrogen-bond acceptors (Lipinski definition) is 4. The summed E-state index contributed by atoms with van der Waals surface area (Å²) in [6, 6.07) is 0.431. The van der Waals surface area contributed by atoms with Crippen LogP contribution in [0.5, 0.6) is 0 Å². The van der Waals surface area contributed by atoms with Gasteiger partial charge in [-0.1, -0.05) is 25.7 Å². The Hall–Kier alpha value is -2.06. The minimum absolute atomic E-state index is 0.431. The van der Waals surface area contributed by atoms with Crippen LogP contribution in [0, 0.1) is 11.8 Å². The second kappa shape index (κ2) is 7.51. The van der Waals surface area contributed by atoms with Gasteiger partial charge in [0.1, 0.15) is 17.8 Å². The highest BCUT2D eigenvalue weighted by Crippen LogP contribution is 2.21. The molecule has 2 rings (SSSR count). The van der Waals surface area contributed by atoms with Crippen molar-refractivity contribution in [1.82, 2.24) is 19.9 Å². The Labute approximate surface area is 120 Å². The summed E-state index contributed by atoms with van der Waals surface area (Å²) in [6.07, 6.45) is 3.40. The first-order chi connectivity index (χ1) is 9.59. The molecule has 5 heteroatoms. The molecule has 20 heavy (non-hydrogen) atoms. The van der Waals surface area contributed by atoms with Gasteiger partial charge in [0.05, 0.1) is 17.5 Å². The lowest BCUT2D eigenvalue weighted by Gasteiger charge is -2.01. The van der Waals surface area contributed by atoms with E-state index in [1.807, 2.05) is 31.7 Å². The first kappa shape index (κ1) is 16.0. The molecule has 0 amide bonds. The van der Waals surface area contributed by atoms with Crippen LogP contribution in [0.25, 0.3) is 11.0 Å². The van der Waals surface area contributed by atoms with Crippen LogP contribution in [0.2, 0.25) is 0 Å². The number of aromatic nitrogens is 3. The number of nitrogens with one attached hydrogen (secondary N) is 1. The SMILES string of the molecule is CC.CC(C)NCC#Cc1cn(C)c2ncnc(N)c12. The molecule has 0 aliphatic carbocycles. The average molecular weight is 273 g/mol. The molecular weight excluding hydrogens is 250 g/mol. The molecule has 108 valence electrons. The van der Waals surface area contributed by atoms with Crippen molar-refractivity contribution in [2.24, 2.45) is 7.05 Å². The smallest absolute Gasteiger partial charge is 0.146 e. The molecule has 0 aliphatic heterocycles. The minimum atomic E-state index is 0.431. The molecule has 0 aromatic carbocycles. The quantitative estimate of drug-likeness (QED) is 0.820. The van der Waals surface area contributed by atoms with Crippen molar-refractivity contribution in [2.75, 3.05) is 12.3 Å². The van der Waals surface area contributed by atoms with Crippen molar-refractivity contribution in [3.63, 3.8) is 0 Å². The standard InChI is InChI=1S/C13H17N5.C2H6/c1-9(2)15-6-4-5-10-7-18(3)13-11(10)12(14)16-8-17-13;1-2/h7-9,15H,6H2,1-3H3,(H2,14,16,17);1-2H3. The Bertz CT molecular complexity index is 616. The molecule has 0 unspecified atom stereocenters. The Kier molecular flexibility index (Phi) is 6.01. The molecule has 0 saturated heterocycles. The van der Waals surface area contributed by atoms with Crippen molar-refractivity contribution in [3.8, 4) is 11.8 Å². The van der Waals surface area contributed by atoms with E-state index in [1.54, 1.807) is 0 Å². The van der Waals surface area contributed by atoms with Gasteiger partial charge >= 0.3 is 0 Å². The Morgan fingerprint density at radius 2 is 2.05 bits per heavy atom. The lowest BCUT2D eigenvalue weighted by Crippen LogP contribution is -2.22. The van der Waals surface area contributed by atoms with Crippen LogP contribution in [0.1, 0.15) is 33.3 Å². The third kappa shape index (κ3) is 3.72. The van der Waals surface area contributed by atoms with Crippen LogP contribution in [0.4, 0.5) is 5.82 Å². The van der Waals surface area contributed by atoms with Crippen molar-refractivity contribution in [1.29, 1.82) is 0 Å². The number of fused-ring (bicyclic) bond motifs is 1. The van der Waals surface area contributed by atoms with Gasteiger partial charge in [0.15, 0.2) is 0 Å². The third-order valence-electron chi connectivity index (χ3n) is 2.60. The van der Waals surface area contributed by atoms with E-state index in [0.717, 1.165) is 16.6 Å². The summed E-state index contributed by atoms with van der Waals surface area (Å²) in [4.78, 5) is 8.21. The van der Waals surface area contributed by atoms with Crippen LogP contribution in [0.3, 0.4) is 0 Å². The van der Waals surface area contributed by atoms with Gasteiger partial charge in [-0.05, 0) is 13.8 Å². The van der Waals surface area contributed by atoms with Crippen LogP contribution in [0.15, 0.2) is 12.5 Å². The molecule has 5 nitrogen and oxygen atoms in total. The van der Waals surface area contributed by atoms with E-state index in [4.69, 9.17) is 5.73 Å². The van der Waals surface area contributed by atoms with E-state index < -0.39 is 0 Å². The lowest BCUT2D eigenvalue weighted by atomic mass is 10.2. The lowest BCUT2D eigenvalue weighted by molar-refractivity contribution is 0.638. The van der Waals surface area contributed by atoms with Crippen molar-refractivity contribution in [2.45, 2.75) is 33.7 Å². The number of nitrogens with two attached hydrogens (primary N) is 1. The fourth-order valence-electron chi connectivity index (χ4n) is 1.72. The summed E-state index contributed by atoms with van der Waals surface area (Å²) >= 11 is 0. The number of hydrogen-bond donors (Lipinski definition) is 2. The van der Waals surface area contributed by atoms with Gasteiger partial charge in [0.25, 0.3) is 0 Å². The third-order valence-corrected chi connectivity index (χ3v) is 2.60. The van der Waals surface area contributed by atoms with Gasteiger partial charge in [-0.15, -0.1) is 0 Å². The topological polar surface area (TPSA) is 68.8 Å². The molecule has 0 fully saturated rings. The zero-order valence-electron chi connectivity index (χ0n) is 12.9. The maximum Gasteiger partial charge on any atom is 0.146 e. The van der Waals surface area contributed by atoms with E-state index in [9.17, 15) is 0 Å². The fraction of sp³-hybridized carbons (Fsp3) is 0.467. The molecule has 0 aliphatic rings. The van der Waals surface area contributed by atoms with E-state index in [2.05, 4.69) is 41.0 Å². The number of rotatable bonds is 2. The molecule has 0 bridgehead atoms. The molecular formula is C15H23N5. The molecule has 0 atom stereocenters. The van der Waals surface area contributed by atoms with Gasteiger partial charge < -0.3 is 15.6 Å². The molecule has 3 N–H and O–H groups in total. The van der Waals surface area contributed by atoms with Crippen molar-refractivity contribution in [3.05, 3.63) is 18.1 Å². The van der Waals surface area contributed by atoms with Crippen LogP contribution in [-0.4, -0.2) is 27.1 Å². The largest absolute Gasteiger partial charge is 0.383 e. The van der Waals surface area contributed by atoms with Gasteiger partial charge in [-0.25, -0.2) is 9.97 Å². The molecule has 2 heterocycles.